The normalized spacial score (nSPS) is 9.80. The smallest absolute Gasteiger partial charge is 1.00 e. The van der Waals surface area contributed by atoms with Crippen molar-refractivity contribution in [3.05, 3.63) is 77.2 Å². The van der Waals surface area contributed by atoms with Crippen molar-refractivity contribution in [1.29, 1.82) is 0 Å². The molecule has 0 aliphatic heterocycles. The molecule has 4 heteroatoms. The van der Waals surface area contributed by atoms with Crippen molar-refractivity contribution in [2.45, 2.75) is 0 Å². The van der Waals surface area contributed by atoms with E-state index in [1.54, 1.807) is 6.20 Å². The van der Waals surface area contributed by atoms with Gasteiger partial charge in [-0.3, -0.25) is 4.79 Å². The van der Waals surface area contributed by atoms with Gasteiger partial charge in [0.1, 0.15) is 0 Å². The first-order valence-electron chi connectivity index (χ1n) is 6.05. The van der Waals surface area contributed by atoms with E-state index in [2.05, 4.69) is 10.2 Å². The van der Waals surface area contributed by atoms with Gasteiger partial charge in [0.15, 0.2) is 0 Å². The Hall–Kier alpha value is -1.68. The van der Waals surface area contributed by atoms with Crippen LogP contribution in [-0.4, -0.2) is 10.2 Å². The van der Waals surface area contributed by atoms with Crippen LogP contribution < -0.4 is 35.1 Å². The average Bonchev–Trinajstić information content (AvgIpc) is 2.49. The summed E-state index contributed by atoms with van der Waals surface area (Å²) in [5, 5.41) is 6.41. The second-order valence-electron chi connectivity index (χ2n) is 4.22. The molecule has 0 radical (unpaired) electrons. The molecule has 3 nitrogen and oxygen atoms in total. The third-order valence-corrected chi connectivity index (χ3v) is 3.00. The number of rotatable bonds is 2. The maximum atomic E-state index is 12.1. The SMILES string of the molecule is O=c1[nH]ncc(-c2ccccc2)c1-c1ccccc1.[H-].[Na+]. The zero-order valence-corrected chi connectivity index (χ0v) is 13.2. The molecule has 0 amide bonds. The number of nitrogens with one attached hydrogen (secondary N) is 1. The molecule has 0 atom stereocenters. The molecule has 0 aliphatic rings. The first-order valence-corrected chi connectivity index (χ1v) is 6.05. The third kappa shape index (κ3) is 2.90. The second kappa shape index (κ2) is 6.66. The zero-order chi connectivity index (χ0) is 13.1. The molecule has 20 heavy (non-hydrogen) atoms. The molecule has 0 spiro atoms. The van der Waals surface area contributed by atoms with Crippen LogP contribution in [0.4, 0.5) is 0 Å². The van der Waals surface area contributed by atoms with Gasteiger partial charge in [0, 0.05) is 5.56 Å². The molecule has 0 fully saturated rings. The second-order valence-corrected chi connectivity index (χ2v) is 4.22. The summed E-state index contributed by atoms with van der Waals surface area (Å²) < 4.78 is 0. The Morgan fingerprint density at radius 1 is 0.850 bits per heavy atom. The van der Waals surface area contributed by atoms with Gasteiger partial charge in [0.05, 0.1) is 11.8 Å². The van der Waals surface area contributed by atoms with E-state index in [1.807, 2.05) is 60.7 Å². The van der Waals surface area contributed by atoms with Gasteiger partial charge in [-0.1, -0.05) is 60.7 Å². The van der Waals surface area contributed by atoms with Crippen molar-refractivity contribution < 1.29 is 31.0 Å². The van der Waals surface area contributed by atoms with Crippen molar-refractivity contribution in [2.24, 2.45) is 0 Å². The summed E-state index contributed by atoms with van der Waals surface area (Å²) in [6, 6.07) is 19.4. The molecule has 0 saturated heterocycles. The first kappa shape index (κ1) is 14.7. The molecule has 1 N–H and O–H groups in total. The monoisotopic (exact) mass is 272 g/mol. The molecule has 0 bridgehead atoms. The molecular formula is C16H13N2NaO. The van der Waals surface area contributed by atoms with Crippen molar-refractivity contribution in [3.63, 3.8) is 0 Å². The molecule has 0 unspecified atom stereocenters. The van der Waals surface area contributed by atoms with Gasteiger partial charge in [-0.05, 0) is 11.1 Å². The van der Waals surface area contributed by atoms with Gasteiger partial charge >= 0.3 is 29.6 Å². The molecule has 1 heterocycles. The third-order valence-electron chi connectivity index (χ3n) is 3.00. The fraction of sp³-hybridized carbons (Fsp3) is 0. The van der Waals surface area contributed by atoms with Crippen LogP contribution in [0.15, 0.2) is 71.7 Å². The van der Waals surface area contributed by atoms with Crippen molar-refractivity contribution in [1.82, 2.24) is 10.2 Å². The first-order chi connectivity index (χ1) is 9.36. The van der Waals surface area contributed by atoms with E-state index in [1.165, 1.54) is 0 Å². The van der Waals surface area contributed by atoms with E-state index in [0.717, 1.165) is 16.7 Å². The predicted molar refractivity (Wildman–Crippen MR) is 76.8 cm³/mol. The average molecular weight is 272 g/mol. The van der Waals surface area contributed by atoms with Crippen LogP contribution in [0, 0.1) is 0 Å². The summed E-state index contributed by atoms with van der Waals surface area (Å²) in [4.78, 5) is 12.1. The maximum absolute atomic E-state index is 12.1. The summed E-state index contributed by atoms with van der Waals surface area (Å²) >= 11 is 0. The Morgan fingerprint density at radius 3 is 2.00 bits per heavy atom. The largest absolute Gasteiger partial charge is 1.00 e. The van der Waals surface area contributed by atoms with Crippen LogP contribution in [0.2, 0.25) is 0 Å². The molecule has 1 aromatic heterocycles. The van der Waals surface area contributed by atoms with Crippen LogP contribution >= 0.6 is 0 Å². The van der Waals surface area contributed by atoms with Crippen molar-refractivity contribution in [2.75, 3.05) is 0 Å². The summed E-state index contributed by atoms with van der Waals surface area (Å²) in [5.41, 5.74) is 3.20. The van der Waals surface area contributed by atoms with Gasteiger partial charge in [-0.25, -0.2) is 5.10 Å². The fourth-order valence-corrected chi connectivity index (χ4v) is 2.13. The Bertz CT molecular complexity index is 745. The van der Waals surface area contributed by atoms with E-state index < -0.39 is 0 Å². The summed E-state index contributed by atoms with van der Waals surface area (Å²) in [6.07, 6.45) is 1.69. The quantitative estimate of drug-likeness (QED) is 0.678. The van der Waals surface area contributed by atoms with E-state index in [4.69, 9.17) is 0 Å². The molecular weight excluding hydrogens is 259 g/mol. The molecule has 3 aromatic rings. The zero-order valence-electron chi connectivity index (χ0n) is 12.2. The van der Waals surface area contributed by atoms with Crippen LogP contribution in [-0.2, 0) is 0 Å². The Balaban J connectivity index is 0.00000110. The van der Waals surface area contributed by atoms with Crippen LogP contribution in [0.1, 0.15) is 1.43 Å². The maximum Gasteiger partial charge on any atom is 1.00 e. The van der Waals surface area contributed by atoms with Crippen molar-refractivity contribution >= 4 is 0 Å². The van der Waals surface area contributed by atoms with Crippen LogP contribution in [0.25, 0.3) is 22.3 Å². The Labute approximate surface area is 140 Å². The molecule has 3 rings (SSSR count). The van der Waals surface area contributed by atoms with Crippen molar-refractivity contribution in [3.8, 4) is 22.3 Å². The summed E-state index contributed by atoms with van der Waals surface area (Å²) in [7, 11) is 0. The van der Waals surface area contributed by atoms with E-state index in [9.17, 15) is 4.79 Å². The number of hydrogen-bond acceptors (Lipinski definition) is 2. The fourth-order valence-electron chi connectivity index (χ4n) is 2.13. The number of hydrogen-bond donors (Lipinski definition) is 1. The standard InChI is InChI=1S/C16H12N2O.Na.H/c19-16-15(13-9-5-2-6-10-13)14(11-17-18-16)12-7-3-1-4-8-12;;/h1-11H,(H,18,19);;/q;+1;-1. The van der Waals surface area contributed by atoms with Gasteiger partial charge in [-0.15, -0.1) is 0 Å². The summed E-state index contributed by atoms with van der Waals surface area (Å²) in [5.74, 6) is 0. The molecule has 0 saturated carbocycles. The van der Waals surface area contributed by atoms with Gasteiger partial charge in [0.25, 0.3) is 5.56 Å². The molecule has 2 aromatic carbocycles. The predicted octanol–water partition coefficient (Wildman–Crippen LogP) is 0.220. The molecule has 94 valence electrons. The van der Waals surface area contributed by atoms with Gasteiger partial charge in [-0.2, -0.15) is 5.10 Å². The Morgan fingerprint density at radius 2 is 1.40 bits per heavy atom. The Kier molecular flexibility index (Phi) is 4.90. The summed E-state index contributed by atoms with van der Waals surface area (Å²) in [6.45, 7) is 0. The van der Waals surface area contributed by atoms with E-state index in [0.29, 0.717) is 5.56 Å². The number of aromatic nitrogens is 2. The number of benzene rings is 2. The van der Waals surface area contributed by atoms with Crippen LogP contribution in [0.3, 0.4) is 0 Å². The minimum absolute atomic E-state index is 0. The van der Waals surface area contributed by atoms with E-state index in [-0.39, 0.29) is 36.5 Å². The minimum Gasteiger partial charge on any atom is -1.00 e. The van der Waals surface area contributed by atoms with Gasteiger partial charge in [0.2, 0.25) is 0 Å². The van der Waals surface area contributed by atoms with Gasteiger partial charge < -0.3 is 1.43 Å². The molecule has 0 aliphatic carbocycles. The minimum atomic E-state index is -0.174. The topological polar surface area (TPSA) is 45.8 Å². The number of aromatic amines is 1. The van der Waals surface area contributed by atoms with E-state index >= 15 is 0 Å². The number of H-pyrrole nitrogens is 1. The number of nitrogens with zero attached hydrogens (tertiary/aromatic N) is 1. The van der Waals surface area contributed by atoms with Crippen LogP contribution in [0.5, 0.6) is 0 Å².